The van der Waals surface area contributed by atoms with Crippen molar-refractivity contribution >= 4 is 5.97 Å². The average Bonchev–Trinajstić information content (AvgIpc) is 3.11. The Hall–Kier alpha value is -1.85. The van der Waals surface area contributed by atoms with Crippen LogP contribution in [0.1, 0.15) is 111 Å². The Morgan fingerprint density at radius 1 is 0.808 bits per heavy atom. The highest BCUT2D eigenvalue weighted by Gasteiger charge is 2.70. The molecule has 288 valence electrons. The smallest absolute Gasteiger partial charge is 0.313 e. The van der Waals surface area contributed by atoms with E-state index in [1.807, 2.05) is 30.3 Å². The number of aliphatic hydroxyl groups is 4. The van der Waals surface area contributed by atoms with Crippen molar-refractivity contribution in [2.24, 2.45) is 50.2 Å². The van der Waals surface area contributed by atoms with Gasteiger partial charge in [0.25, 0.3) is 0 Å². The maximum atomic E-state index is 14.3. The van der Waals surface area contributed by atoms with Crippen LogP contribution >= 0.6 is 0 Å². The minimum Gasteiger partial charge on any atom is -0.460 e. The summed E-state index contributed by atoms with van der Waals surface area (Å²) in [6.07, 6.45) is 3.96. The maximum Gasteiger partial charge on any atom is 0.313 e. The first kappa shape index (κ1) is 37.1. The zero-order valence-corrected chi connectivity index (χ0v) is 32.1. The summed E-state index contributed by atoms with van der Waals surface area (Å²) in [7, 11) is 0. The fourth-order valence-electron chi connectivity index (χ4n) is 13.4. The van der Waals surface area contributed by atoms with Crippen molar-refractivity contribution in [3.63, 3.8) is 0 Å². The number of fused-ring (bicyclic) bond motifs is 9. The summed E-state index contributed by atoms with van der Waals surface area (Å²) < 4.78 is 24.7. The van der Waals surface area contributed by atoms with E-state index in [1.54, 1.807) is 0 Å². The molecule has 52 heavy (non-hydrogen) atoms. The standard InChI is InChI=1S/C43H62O9/c1-38(2)18-20-43(37(48)49-23-25-10-8-7-9-11-25)21-19-41(5)26(27(43)22-38)12-13-29-39(3)16-15-30-40(4,28(39)14-17-42(29,41)6)24-50-36(51-30)34-32(45)31(44)33(46)35(47)52-34/h7-12,27-36,44-47H,13-24H2,1-6H3/t27-,28+,29+,30-,31-,32-,33+,34-,35-,36+,39-,40-,41+,42+,43-/m0/s1. The lowest BCUT2D eigenvalue weighted by molar-refractivity contribution is -0.375. The Morgan fingerprint density at radius 2 is 1.54 bits per heavy atom. The fraction of sp³-hybridized carbons (Fsp3) is 0.791. The van der Waals surface area contributed by atoms with E-state index in [4.69, 9.17) is 18.9 Å². The first-order valence-corrected chi connectivity index (χ1v) is 20.1. The van der Waals surface area contributed by atoms with Crippen LogP contribution in [0.3, 0.4) is 0 Å². The summed E-state index contributed by atoms with van der Waals surface area (Å²) in [5.41, 5.74) is 2.08. The first-order valence-electron chi connectivity index (χ1n) is 20.1. The summed E-state index contributed by atoms with van der Waals surface area (Å²) in [4.78, 5) is 14.3. The van der Waals surface area contributed by atoms with Gasteiger partial charge in [-0.05, 0) is 109 Å². The highest BCUT2D eigenvalue weighted by Crippen LogP contribution is 2.76. The largest absolute Gasteiger partial charge is 0.460 e. The number of carbonyl (C=O) groups is 1. The highest BCUT2D eigenvalue weighted by molar-refractivity contribution is 5.79. The Balaban J connectivity index is 1.06. The quantitative estimate of drug-likeness (QED) is 0.216. The van der Waals surface area contributed by atoms with E-state index in [-0.39, 0.29) is 45.1 Å². The molecule has 2 saturated heterocycles. The Labute approximate surface area is 309 Å². The average molecular weight is 723 g/mol. The van der Waals surface area contributed by atoms with Gasteiger partial charge in [0.05, 0.1) is 18.1 Å². The molecule has 15 atom stereocenters. The third-order valence-corrected chi connectivity index (χ3v) is 16.7. The molecule has 0 amide bonds. The van der Waals surface area contributed by atoms with Crippen molar-refractivity contribution in [1.82, 2.24) is 0 Å². The number of hydrogen-bond acceptors (Lipinski definition) is 9. The van der Waals surface area contributed by atoms with Crippen molar-refractivity contribution in [3.8, 4) is 0 Å². The molecule has 5 aliphatic carbocycles. The second kappa shape index (κ2) is 12.6. The van der Waals surface area contributed by atoms with Gasteiger partial charge in [-0.15, -0.1) is 0 Å². The van der Waals surface area contributed by atoms with Crippen LogP contribution < -0.4 is 0 Å². The summed E-state index contributed by atoms with van der Waals surface area (Å²) in [6.45, 7) is 15.4. The number of hydrogen-bond donors (Lipinski definition) is 4. The molecule has 4 N–H and O–H groups in total. The van der Waals surface area contributed by atoms with Crippen LogP contribution in [-0.4, -0.2) is 76.1 Å². The summed E-state index contributed by atoms with van der Waals surface area (Å²) in [5, 5.41) is 41.3. The zero-order valence-electron chi connectivity index (χ0n) is 32.1. The molecule has 0 aromatic heterocycles. The monoisotopic (exact) mass is 722 g/mol. The molecule has 7 aliphatic rings. The van der Waals surface area contributed by atoms with Gasteiger partial charge in [-0.2, -0.15) is 0 Å². The molecule has 1 aromatic rings. The van der Waals surface area contributed by atoms with E-state index in [0.717, 1.165) is 69.8 Å². The van der Waals surface area contributed by atoms with E-state index in [9.17, 15) is 25.2 Å². The zero-order chi connectivity index (χ0) is 37.1. The van der Waals surface area contributed by atoms with E-state index in [0.29, 0.717) is 25.0 Å². The predicted octanol–water partition coefficient (Wildman–Crippen LogP) is 6.05. The number of allylic oxidation sites excluding steroid dienone is 2. The van der Waals surface area contributed by atoms with Crippen LogP contribution in [0.4, 0.5) is 0 Å². The number of benzene rings is 1. The Morgan fingerprint density at radius 3 is 2.29 bits per heavy atom. The second-order valence-corrected chi connectivity index (χ2v) is 19.7. The number of carbonyl (C=O) groups excluding carboxylic acids is 1. The third-order valence-electron chi connectivity index (χ3n) is 16.7. The molecule has 9 nitrogen and oxygen atoms in total. The molecule has 4 saturated carbocycles. The van der Waals surface area contributed by atoms with Crippen molar-refractivity contribution in [1.29, 1.82) is 0 Å². The molecule has 1 aromatic carbocycles. The second-order valence-electron chi connectivity index (χ2n) is 19.7. The molecular weight excluding hydrogens is 660 g/mol. The van der Waals surface area contributed by atoms with Gasteiger partial charge in [0.15, 0.2) is 12.6 Å². The van der Waals surface area contributed by atoms with Gasteiger partial charge in [-0.25, -0.2) is 0 Å². The molecule has 8 rings (SSSR count). The van der Waals surface area contributed by atoms with Crippen LogP contribution in [-0.2, 0) is 30.3 Å². The Bertz CT molecular complexity index is 1560. The molecule has 2 aliphatic heterocycles. The predicted molar refractivity (Wildman–Crippen MR) is 193 cm³/mol. The molecule has 0 bridgehead atoms. The van der Waals surface area contributed by atoms with E-state index < -0.39 is 42.4 Å². The molecule has 2 heterocycles. The number of ether oxygens (including phenoxy) is 4. The van der Waals surface area contributed by atoms with Crippen molar-refractivity contribution in [2.45, 2.75) is 155 Å². The third kappa shape index (κ3) is 5.30. The van der Waals surface area contributed by atoms with Crippen LogP contribution in [0.2, 0.25) is 0 Å². The lowest BCUT2D eigenvalue weighted by Gasteiger charge is -2.72. The maximum absolute atomic E-state index is 14.3. The van der Waals surface area contributed by atoms with Crippen molar-refractivity contribution in [3.05, 3.63) is 47.5 Å². The van der Waals surface area contributed by atoms with Gasteiger partial charge >= 0.3 is 5.97 Å². The van der Waals surface area contributed by atoms with Gasteiger partial charge in [0.1, 0.15) is 31.0 Å². The number of esters is 1. The van der Waals surface area contributed by atoms with E-state index >= 15 is 0 Å². The molecule has 0 unspecified atom stereocenters. The van der Waals surface area contributed by atoms with Crippen LogP contribution in [0, 0.1) is 50.2 Å². The number of rotatable bonds is 4. The van der Waals surface area contributed by atoms with Gasteiger partial charge < -0.3 is 39.4 Å². The molecular formula is C43H62O9. The first-order chi connectivity index (χ1) is 24.5. The van der Waals surface area contributed by atoms with Crippen LogP contribution in [0.15, 0.2) is 42.0 Å². The van der Waals surface area contributed by atoms with Crippen LogP contribution in [0.5, 0.6) is 0 Å². The normalized spacial score (nSPS) is 51.0. The molecule has 9 heteroatoms. The molecule has 0 spiro atoms. The van der Waals surface area contributed by atoms with Gasteiger partial charge in [0.2, 0.25) is 0 Å². The van der Waals surface area contributed by atoms with Gasteiger partial charge in [-0.1, -0.05) is 83.5 Å². The molecule has 6 fully saturated rings. The van der Waals surface area contributed by atoms with E-state index in [2.05, 4.69) is 47.6 Å². The minimum absolute atomic E-state index is 0.00376. The summed E-state index contributed by atoms with van der Waals surface area (Å²) >= 11 is 0. The van der Waals surface area contributed by atoms with Crippen molar-refractivity contribution < 1.29 is 44.2 Å². The number of aliphatic hydroxyl groups excluding tert-OH is 4. The fourth-order valence-corrected chi connectivity index (χ4v) is 13.4. The SMILES string of the molecule is CC1(C)CC[C@]2(C(=O)OCc3ccccc3)CC[C@]3(C)C(=CC[C@@H]4[C@@]5(C)CC[C@@H]6O[C@H]([C@H]7O[C@H](O)[C@H](O)[C@@H](O)[C@@H]7O)OC[C@@]6(C)[C@@H]5CC[C@]43C)[C@@H]2C1. The highest BCUT2D eigenvalue weighted by atomic mass is 16.7. The topological polar surface area (TPSA) is 135 Å². The Kier molecular flexibility index (Phi) is 8.98. The lowest BCUT2D eigenvalue weighted by Crippen LogP contribution is -2.69. The summed E-state index contributed by atoms with van der Waals surface area (Å²) in [6, 6.07) is 10.1. The van der Waals surface area contributed by atoms with Crippen LogP contribution in [0.25, 0.3) is 0 Å². The van der Waals surface area contributed by atoms with E-state index in [1.165, 1.54) is 5.57 Å². The van der Waals surface area contributed by atoms with Gasteiger partial charge in [0, 0.05) is 5.41 Å². The van der Waals surface area contributed by atoms with Gasteiger partial charge in [-0.3, -0.25) is 4.79 Å². The minimum atomic E-state index is -1.63. The van der Waals surface area contributed by atoms with Crippen molar-refractivity contribution in [2.75, 3.05) is 6.61 Å². The summed E-state index contributed by atoms with van der Waals surface area (Å²) in [5.74, 6) is 1.00. The lowest BCUT2D eigenvalue weighted by atomic mass is 9.33. The molecule has 0 radical (unpaired) electrons.